The molecule has 0 bridgehead atoms. The highest BCUT2D eigenvalue weighted by molar-refractivity contribution is 9.10. The number of hydrogen-bond acceptors (Lipinski definition) is 3. The van der Waals surface area contributed by atoms with Crippen molar-refractivity contribution in [1.82, 2.24) is 9.80 Å². The quantitative estimate of drug-likeness (QED) is 0.741. The van der Waals surface area contributed by atoms with Crippen LogP contribution in [0.3, 0.4) is 0 Å². The maximum Gasteiger partial charge on any atom is 0.0367 e. The Kier molecular flexibility index (Phi) is 5.93. The van der Waals surface area contributed by atoms with Gasteiger partial charge in [0, 0.05) is 48.9 Å². The molecule has 2 fully saturated rings. The summed E-state index contributed by atoms with van der Waals surface area (Å²) in [4.78, 5) is 7.87. The molecule has 0 radical (unpaired) electrons. The standard InChI is InChI=1S/C22H28BrN3/c23-20-6-4-5-19(17-20)18-24-11-9-22(10-12-24)26-15-13-25(14-16-26)21-7-2-1-3-8-21/h1-8,17,22H,9-16,18H2. The average molecular weight is 414 g/mol. The lowest BCUT2D eigenvalue weighted by molar-refractivity contribution is 0.0998. The van der Waals surface area contributed by atoms with E-state index in [1.807, 2.05) is 0 Å². The number of rotatable bonds is 4. The zero-order chi connectivity index (χ0) is 17.8. The van der Waals surface area contributed by atoms with Gasteiger partial charge in [-0.2, -0.15) is 0 Å². The first-order chi connectivity index (χ1) is 12.8. The van der Waals surface area contributed by atoms with Crippen LogP contribution in [0.15, 0.2) is 59.1 Å². The summed E-state index contributed by atoms with van der Waals surface area (Å²) in [6, 6.07) is 20.3. The lowest BCUT2D eigenvalue weighted by Gasteiger charge is -2.43. The van der Waals surface area contributed by atoms with Crippen LogP contribution in [0.5, 0.6) is 0 Å². The number of halogens is 1. The molecule has 0 aliphatic carbocycles. The van der Waals surface area contributed by atoms with Crippen molar-refractivity contribution in [2.75, 3.05) is 44.2 Å². The Labute approximate surface area is 165 Å². The number of hydrogen-bond donors (Lipinski definition) is 0. The molecule has 0 aromatic heterocycles. The van der Waals surface area contributed by atoms with Crippen molar-refractivity contribution in [2.24, 2.45) is 0 Å². The molecule has 4 heteroatoms. The molecule has 138 valence electrons. The number of piperazine rings is 1. The third kappa shape index (κ3) is 4.48. The molecular weight excluding hydrogens is 386 g/mol. The molecule has 3 nitrogen and oxygen atoms in total. The van der Waals surface area contributed by atoms with E-state index in [-0.39, 0.29) is 0 Å². The second kappa shape index (κ2) is 8.55. The molecule has 0 N–H and O–H groups in total. The Balaban J connectivity index is 1.24. The predicted molar refractivity (Wildman–Crippen MR) is 113 cm³/mol. The zero-order valence-corrected chi connectivity index (χ0v) is 16.9. The third-order valence-corrected chi connectivity index (χ3v) is 6.30. The van der Waals surface area contributed by atoms with Crippen LogP contribution in [-0.2, 0) is 6.54 Å². The van der Waals surface area contributed by atoms with Gasteiger partial charge < -0.3 is 4.90 Å². The van der Waals surface area contributed by atoms with E-state index in [9.17, 15) is 0 Å². The maximum absolute atomic E-state index is 3.58. The molecule has 2 aromatic carbocycles. The summed E-state index contributed by atoms with van der Waals surface area (Å²) in [7, 11) is 0. The molecule has 4 rings (SSSR count). The fraction of sp³-hybridized carbons (Fsp3) is 0.455. The third-order valence-electron chi connectivity index (χ3n) is 5.80. The molecule has 2 aliphatic heterocycles. The largest absolute Gasteiger partial charge is 0.369 e. The smallest absolute Gasteiger partial charge is 0.0367 e. The van der Waals surface area contributed by atoms with Gasteiger partial charge in [-0.15, -0.1) is 0 Å². The van der Waals surface area contributed by atoms with Crippen LogP contribution in [0.4, 0.5) is 5.69 Å². The Bertz CT molecular complexity index is 690. The van der Waals surface area contributed by atoms with Crippen molar-refractivity contribution in [1.29, 1.82) is 0 Å². The van der Waals surface area contributed by atoms with Gasteiger partial charge in [-0.1, -0.05) is 46.3 Å². The van der Waals surface area contributed by atoms with Gasteiger partial charge in [-0.3, -0.25) is 9.80 Å². The summed E-state index contributed by atoms with van der Waals surface area (Å²) >= 11 is 3.58. The van der Waals surface area contributed by atoms with E-state index in [1.54, 1.807) is 0 Å². The van der Waals surface area contributed by atoms with Gasteiger partial charge in [0.15, 0.2) is 0 Å². The highest BCUT2D eigenvalue weighted by Gasteiger charge is 2.27. The Morgan fingerprint density at radius 3 is 2.23 bits per heavy atom. The van der Waals surface area contributed by atoms with Crippen molar-refractivity contribution in [3.8, 4) is 0 Å². The van der Waals surface area contributed by atoms with Crippen LogP contribution in [-0.4, -0.2) is 55.1 Å². The first kappa shape index (κ1) is 18.0. The number of benzene rings is 2. The van der Waals surface area contributed by atoms with Gasteiger partial charge in [0.2, 0.25) is 0 Å². The molecule has 0 amide bonds. The topological polar surface area (TPSA) is 9.72 Å². The summed E-state index contributed by atoms with van der Waals surface area (Å²) in [5, 5.41) is 0. The van der Waals surface area contributed by atoms with Crippen molar-refractivity contribution >= 4 is 21.6 Å². The Hall–Kier alpha value is -1.36. The maximum atomic E-state index is 3.58. The minimum atomic E-state index is 0.770. The minimum Gasteiger partial charge on any atom is -0.369 e. The summed E-state index contributed by atoms with van der Waals surface area (Å²) in [6.45, 7) is 8.22. The van der Waals surface area contributed by atoms with Gasteiger partial charge >= 0.3 is 0 Å². The van der Waals surface area contributed by atoms with E-state index in [4.69, 9.17) is 0 Å². The first-order valence-electron chi connectivity index (χ1n) is 9.79. The fourth-order valence-corrected chi connectivity index (χ4v) is 4.77. The van der Waals surface area contributed by atoms with E-state index in [1.165, 1.54) is 54.7 Å². The van der Waals surface area contributed by atoms with Gasteiger partial charge in [0.05, 0.1) is 0 Å². The molecule has 0 unspecified atom stereocenters. The van der Waals surface area contributed by atoms with Gasteiger partial charge in [-0.25, -0.2) is 0 Å². The monoisotopic (exact) mass is 413 g/mol. The molecule has 2 aliphatic rings. The fourth-order valence-electron chi connectivity index (χ4n) is 4.32. The normalized spacial score (nSPS) is 20.4. The van der Waals surface area contributed by atoms with Crippen molar-refractivity contribution in [3.05, 3.63) is 64.6 Å². The number of anilines is 1. The number of likely N-dealkylation sites (tertiary alicyclic amines) is 1. The van der Waals surface area contributed by atoms with Crippen LogP contribution in [0.2, 0.25) is 0 Å². The molecule has 2 aromatic rings. The van der Waals surface area contributed by atoms with Crippen LogP contribution in [0.1, 0.15) is 18.4 Å². The van der Waals surface area contributed by atoms with Crippen molar-refractivity contribution in [2.45, 2.75) is 25.4 Å². The zero-order valence-electron chi connectivity index (χ0n) is 15.4. The van der Waals surface area contributed by atoms with Crippen molar-refractivity contribution < 1.29 is 0 Å². The van der Waals surface area contributed by atoms with E-state index in [2.05, 4.69) is 85.2 Å². The van der Waals surface area contributed by atoms with Gasteiger partial charge in [-0.05, 0) is 55.8 Å². The highest BCUT2D eigenvalue weighted by atomic mass is 79.9. The van der Waals surface area contributed by atoms with Crippen LogP contribution in [0, 0.1) is 0 Å². The summed E-state index contributed by atoms with van der Waals surface area (Å²) in [5.41, 5.74) is 2.78. The van der Waals surface area contributed by atoms with Crippen LogP contribution < -0.4 is 4.90 Å². The van der Waals surface area contributed by atoms with Crippen LogP contribution in [0.25, 0.3) is 0 Å². The highest BCUT2D eigenvalue weighted by Crippen LogP contribution is 2.22. The van der Waals surface area contributed by atoms with Gasteiger partial charge in [0.25, 0.3) is 0 Å². The molecule has 2 saturated heterocycles. The van der Waals surface area contributed by atoms with E-state index in [0.717, 1.165) is 25.7 Å². The molecule has 26 heavy (non-hydrogen) atoms. The predicted octanol–water partition coefficient (Wildman–Crippen LogP) is 4.24. The summed E-state index contributed by atoms with van der Waals surface area (Å²) in [6.07, 6.45) is 2.61. The van der Waals surface area contributed by atoms with Crippen LogP contribution >= 0.6 is 15.9 Å². The Morgan fingerprint density at radius 1 is 0.808 bits per heavy atom. The summed E-state index contributed by atoms with van der Waals surface area (Å²) < 4.78 is 1.18. The summed E-state index contributed by atoms with van der Waals surface area (Å²) in [5.74, 6) is 0. The second-order valence-electron chi connectivity index (χ2n) is 7.50. The van der Waals surface area contributed by atoms with E-state index < -0.39 is 0 Å². The second-order valence-corrected chi connectivity index (χ2v) is 8.41. The number of nitrogens with zero attached hydrogens (tertiary/aromatic N) is 3. The van der Waals surface area contributed by atoms with Crippen molar-refractivity contribution in [3.63, 3.8) is 0 Å². The van der Waals surface area contributed by atoms with E-state index in [0.29, 0.717) is 0 Å². The van der Waals surface area contributed by atoms with E-state index >= 15 is 0 Å². The minimum absolute atomic E-state index is 0.770. The number of para-hydroxylation sites is 1. The average Bonchev–Trinajstić information content (AvgIpc) is 2.70. The molecule has 0 spiro atoms. The molecule has 0 atom stereocenters. The SMILES string of the molecule is Brc1cccc(CN2CCC(N3CCN(c4ccccc4)CC3)CC2)c1. The lowest BCUT2D eigenvalue weighted by Crippen LogP contribution is -2.53. The lowest BCUT2D eigenvalue weighted by atomic mass is 10.0. The molecule has 0 saturated carbocycles. The molecular formula is C22H28BrN3. The Morgan fingerprint density at radius 2 is 1.54 bits per heavy atom. The molecule has 2 heterocycles. The first-order valence-corrected chi connectivity index (χ1v) is 10.6. The number of piperidine rings is 1. The van der Waals surface area contributed by atoms with Gasteiger partial charge in [0.1, 0.15) is 0 Å².